The summed E-state index contributed by atoms with van der Waals surface area (Å²) < 4.78 is 0. The maximum absolute atomic E-state index is 12.7. The third-order valence-electron chi connectivity index (χ3n) is 6.29. The molecule has 0 radical (unpaired) electrons. The fourth-order valence-electron chi connectivity index (χ4n) is 4.57. The van der Waals surface area contributed by atoms with Crippen LogP contribution in [-0.2, 0) is 4.79 Å². The van der Waals surface area contributed by atoms with Crippen LogP contribution in [0.25, 0.3) is 33.6 Å². The number of carbonyl (C=O) groups excluding carboxylic acids is 1. The molecule has 0 aliphatic carbocycles. The van der Waals surface area contributed by atoms with Gasteiger partial charge in [0, 0.05) is 13.0 Å². The molecule has 2 N–H and O–H groups in total. The van der Waals surface area contributed by atoms with Crippen molar-refractivity contribution in [2.45, 2.75) is 39.2 Å². The fraction of sp³-hybridized carbons (Fsp3) is 0.296. The van der Waals surface area contributed by atoms with E-state index in [1.807, 2.05) is 17.3 Å². The molecule has 2 aromatic carbocycles. The summed E-state index contributed by atoms with van der Waals surface area (Å²) in [7, 11) is 0. The van der Waals surface area contributed by atoms with Gasteiger partial charge in [-0.15, -0.1) is 0 Å². The van der Waals surface area contributed by atoms with Crippen molar-refractivity contribution in [3.63, 3.8) is 0 Å². The first kappa shape index (κ1) is 21.2. The molecule has 1 amide bonds. The normalized spacial score (nSPS) is 16.0. The van der Waals surface area contributed by atoms with Crippen molar-refractivity contribution in [2.75, 3.05) is 6.54 Å². The monoisotopic (exact) mass is 439 g/mol. The lowest BCUT2D eigenvalue weighted by atomic mass is 10.0. The molecular formula is C27H29N5O. The van der Waals surface area contributed by atoms with Gasteiger partial charge in [0.05, 0.1) is 36.2 Å². The summed E-state index contributed by atoms with van der Waals surface area (Å²) >= 11 is 0. The first-order valence-electron chi connectivity index (χ1n) is 11.6. The molecule has 6 heteroatoms. The highest BCUT2D eigenvalue weighted by molar-refractivity contribution is 5.77. The third-order valence-corrected chi connectivity index (χ3v) is 6.29. The Balaban J connectivity index is 1.31. The van der Waals surface area contributed by atoms with E-state index in [9.17, 15) is 4.79 Å². The minimum atomic E-state index is 0.0534. The lowest BCUT2D eigenvalue weighted by molar-refractivity contribution is -0.133. The average molecular weight is 440 g/mol. The van der Waals surface area contributed by atoms with Gasteiger partial charge in [-0.05, 0) is 41.0 Å². The van der Waals surface area contributed by atoms with Crippen molar-refractivity contribution in [1.29, 1.82) is 0 Å². The second-order valence-electron chi connectivity index (χ2n) is 9.15. The first-order chi connectivity index (χ1) is 16.1. The quantitative estimate of drug-likeness (QED) is 0.396. The van der Waals surface area contributed by atoms with E-state index in [1.165, 1.54) is 5.56 Å². The Bertz CT molecular complexity index is 1210. The number of rotatable bonds is 6. The van der Waals surface area contributed by atoms with Crippen molar-refractivity contribution < 1.29 is 4.79 Å². The summed E-state index contributed by atoms with van der Waals surface area (Å²) in [6.45, 7) is 5.00. The van der Waals surface area contributed by atoms with E-state index in [0.717, 1.165) is 53.3 Å². The second kappa shape index (κ2) is 9.06. The predicted octanol–water partition coefficient (Wildman–Crippen LogP) is 5.84. The minimum Gasteiger partial charge on any atom is -0.345 e. The predicted molar refractivity (Wildman–Crippen MR) is 130 cm³/mol. The number of likely N-dealkylation sites (tertiary alicyclic amines) is 1. The number of imidazole rings is 2. The number of H-pyrrole nitrogens is 2. The Morgan fingerprint density at radius 3 is 2.21 bits per heavy atom. The number of hydrogen-bond donors (Lipinski definition) is 2. The van der Waals surface area contributed by atoms with E-state index >= 15 is 0 Å². The number of benzene rings is 2. The van der Waals surface area contributed by atoms with Crippen molar-refractivity contribution in [3.05, 3.63) is 73.1 Å². The number of nitrogens with one attached hydrogen (secondary N) is 2. The van der Waals surface area contributed by atoms with Crippen molar-refractivity contribution in [3.8, 4) is 33.6 Å². The van der Waals surface area contributed by atoms with Gasteiger partial charge in [-0.3, -0.25) is 4.79 Å². The van der Waals surface area contributed by atoms with Crippen molar-refractivity contribution in [1.82, 2.24) is 24.8 Å². The highest BCUT2D eigenvalue weighted by Gasteiger charge is 2.32. The summed E-state index contributed by atoms with van der Waals surface area (Å²) in [6, 6.07) is 17.0. The van der Waals surface area contributed by atoms with Gasteiger partial charge in [-0.2, -0.15) is 0 Å². The molecule has 1 aliphatic rings. The Hall–Kier alpha value is -3.67. The van der Waals surface area contributed by atoms with E-state index in [2.05, 4.69) is 82.3 Å². The molecular weight excluding hydrogens is 410 g/mol. The highest BCUT2D eigenvalue weighted by Crippen LogP contribution is 2.33. The van der Waals surface area contributed by atoms with Crippen LogP contribution in [0.15, 0.2) is 67.3 Å². The van der Waals surface area contributed by atoms with Crippen LogP contribution in [0, 0.1) is 5.92 Å². The number of aromatic nitrogens is 4. The Morgan fingerprint density at radius 1 is 0.970 bits per heavy atom. The highest BCUT2D eigenvalue weighted by atomic mass is 16.2. The number of hydrogen-bond acceptors (Lipinski definition) is 3. The van der Waals surface area contributed by atoms with Gasteiger partial charge in [0.2, 0.25) is 5.91 Å². The fourth-order valence-corrected chi connectivity index (χ4v) is 4.57. The average Bonchev–Trinajstić information content (AvgIpc) is 3.60. The second-order valence-corrected chi connectivity index (χ2v) is 9.15. The summed E-state index contributed by atoms with van der Waals surface area (Å²) in [5, 5.41) is 0. The zero-order valence-electron chi connectivity index (χ0n) is 19.1. The standard InChI is InChI=1S/C27H29N5O/c1-18(2)14-26(33)32-13-3-4-25(32)27-29-16-24(31-27)22-11-7-20(8-12-22)19-5-9-21(10-6-19)23-15-28-17-30-23/h5-12,15-18,25H,3-4,13-14H2,1-2H3,(H,28,30)(H,29,31)/t25-/m0/s1. The molecule has 2 aromatic heterocycles. The number of nitrogens with zero attached hydrogens (tertiary/aromatic N) is 3. The van der Waals surface area contributed by atoms with Crippen molar-refractivity contribution in [2.24, 2.45) is 5.92 Å². The molecule has 6 nitrogen and oxygen atoms in total. The van der Waals surface area contributed by atoms with Gasteiger partial charge in [0.25, 0.3) is 0 Å². The molecule has 0 spiro atoms. The number of aromatic amines is 2. The Kier molecular flexibility index (Phi) is 5.82. The van der Waals surface area contributed by atoms with Crippen molar-refractivity contribution >= 4 is 5.91 Å². The molecule has 1 saturated heterocycles. The van der Waals surface area contributed by atoms with Crippen LogP contribution in [0.1, 0.15) is 45.0 Å². The van der Waals surface area contributed by atoms with Crippen LogP contribution in [0.3, 0.4) is 0 Å². The molecule has 3 heterocycles. The van der Waals surface area contributed by atoms with Crippen LogP contribution in [-0.4, -0.2) is 37.3 Å². The summed E-state index contributed by atoms with van der Waals surface area (Å²) in [4.78, 5) is 30.0. The molecule has 0 unspecified atom stereocenters. The van der Waals surface area contributed by atoms with E-state index in [1.54, 1.807) is 6.33 Å². The van der Waals surface area contributed by atoms with Gasteiger partial charge in [0.15, 0.2) is 0 Å². The number of amides is 1. The first-order valence-corrected chi connectivity index (χ1v) is 11.6. The van der Waals surface area contributed by atoms with Crippen LogP contribution in [0.4, 0.5) is 0 Å². The van der Waals surface area contributed by atoms with E-state index < -0.39 is 0 Å². The topological polar surface area (TPSA) is 77.7 Å². The molecule has 1 aliphatic heterocycles. The van der Waals surface area contributed by atoms with Gasteiger partial charge in [-0.25, -0.2) is 9.97 Å². The molecule has 0 saturated carbocycles. The summed E-state index contributed by atoms with van der Waals surface area (Å²) in [5.74, 6) is 1.48. The third kappa shape index (κ3) is 4.46. The maximum Gasteiger partial charge on any atom is 0.223 e. The Labute approximate surface area is 194 Å². The zero-order chi connectivity index (χ0) is 22.8. The molecule has 4 aromatic rings. The molecule has 5 rings (SSSR count). The zero-order valence-corrected chi connectivity index (χ0v) is 19.1. The van der Waals surface area contributed by atoms with Gasteiger partial charge in [0.1, 0.15) is 5.82 Å². The minimum absolute atomic E-state index is 0.0534. The maximum atomic E-state index is 12.7. The lowest BCUT2D eigenvalue weighted by Crippen LogP contribution is -2.31. The van der Waals surface area contributed by atoms with Crippen LogP contribution < -0.4 is 0 Å². The van der Waals surface area contributed by atoms with Gasteiger partial charge in [-0.1, -0.05) is 62.4 Å². The summed E-state index contributed by atoms with van der Waals surface area (Å²) in [5.41, 5.74) is 6.53. The Morgan fingerprint density at radius 2 is 1.61 bits per heavy atom. The largest absolute Gasteiger partial charge is 0.345 e. The molecule has 0 bridgehead atoms. The molecule has 33 heavy (non-hydrogen) atoms. The van der Waals surface area contributed by atoms with Gasteiger partial charge >= 0.3 is 0 Å². The number of carbonyl (C=O) groups is 1. The summed E-state index contributed by atoms with van der Waals surface area (Å²) in [6.07, 6.45) is 7.98. The smallest absolute Gasteiger partial charge is 0.223 e. The van der Waals surface area contributed by atoms with Crippen LogP contribution in [0.2, 0.25) is 0 Å². The van der Waals surface area contributed by atoms with E-state index in [-0.39, 0.29) is 11.9 Å². The SMILES string of the molecule is CC(C)CC(=O)N1CCC[C@H]1c1ncc(-c2ccc(-c3ccc(-c4cnc[nH]4)cc3)cc2)[nH]1. The van der Waals surface area contributed by atoms with E-state index in [0.29, 0.717) is 12.3 Å². The molecule has 1 fully saturated rings. The molecule has 1 atom stereocenters. The van der Waals surface area contributed by atoms with Gasteiger partial charge < -0.3 is 14.9 Å². The van der Waals surface area contributed by atoms with Crippen LogP contribution in [0.5, 0.6) is 0 Å². The van der Waals surface area contributed by atoms with Crippen LogP contribution >= 0.6 is 0 Å². The lowest BCUT2D eigenvalue weighted by Gasteiger charge is -2.24. The molecule has 168 valence electrons. The van der Waals surface area contributed by atoms with E-state index in [4.69, 9.17) is 0 Å².